The van der Waals surface area contributed by atoms with Gasteiger partial charge in [-0.1, -0.05) is 29.3 Å². The topological polar surface area (TPSA) is 56.2 Å². The molecule has 0 aliphatic carbocycles. The maximum atomic E-state index is 13.2. The van der Waals surface area contributed by atoms with Gasteiger partial charge in [0.15, 0.2) is 5.60 Å². The second kappa shape index (κ2) is 8.00. The van der Waals surface area contributed by atoms with E-state index in [2.05, 4.69) is 31.3 Å². The molecular weight excluding hydrogens is 418 g/mol. The number of halogens is 1. The Hall–Kier alpha value is -2.44. The number of fused-ring (bicyclic) bond motifs is 1. The maximum Gasteiger partial charge on any atom is 0.269 e. The van der Waals surface area contributed by atoms with Crippen molar-refractivity contribution in [2.75, 3.05) is 5.32 Å². The molecule has 1 aliphatic heterocycles. The Kier molecular flexibility index (Phi) is 5.55. The Morgan fingerprint density at radius 2 is 1.90 bits per heavy atom. The fraction of sp³-hybridized carbons (Fsp3) is 0.304. The third-order valence-electron chi connectivity index (χ3n) is 5.10. The summed E-state index contributed by atoms with van der Waals surface area (Å²) in [6.07, 6.45) is 0. The summed E-state index contributed by atoms with van der Waals surface area (Å²) < 4.78 is 7.82. The van der Waals surface area contributed by atoms with Crippen LogP contribution in [-0.2, 0) is 16.3 Å². The van der Waals surface area contributed by atoms with Gasteiger partial charge in [0.2, 0.25) is 0 Å². The molecule has 3 aromatic rings. The molecular formula is C23H24ClN3O2S. The Labute approximate surface area is 185 Å². The van der Waals surface area contributed by atoms with Gasteiger partial charge in [0.1, 0.15) is 11.6 Å². The van der Waals surface area contributed by atoms with Crippen molar-refractivity contribution in [3.8, 4) is 11.4 Å². The lowest BCUT2D eigenvalue weighted by molar-refractivity contribution is -0.128. The highest BCUT2D eigenvalue weighted by molar-refractivity contribution is 7.98. The number of benzene rings is 2. The SMILES string of the molecule is Cc1ccc(-n2nc3c(c2NC(=O)C(C)(C)Oc2ccc(Cl)cc2)CSC3)c(C)c1. The van der Waals surface area contributed by atoms with Crippen LogP contribution in [0.1, 0.15) is 36.2 Å². The van der Waals surface area contributed by atoms with E-state index in [1.165, 1.54) is 5.56 Å². The molecule has 7 heteroatoms. The fourth-order valence-corrected chi connectivity index (χ4v) is 4.62. The van der Waals surface area contributed by atoms with Crippen LogP contribution in [0.5, 0.6) is 5.75 Å². The predicted molar refractivity (Wildman–Crippen MR) is 123 cm³/mol. The summed E-state index contributed by atoms with van der Waals surface area (Å²) in [5.41, 5.74) is 4.28. The smallest absolute Gasteiger partial charge is 0.269 e. The number of anilines is 1. The number of ether oxygens (including phenoxy) is 1. The molecule has 30 heavy (non-hydrogen) atoms. The number of rotatable bonds is 5. The highest BCUT2D eigenvalue weighted by atomic mass is 35.5. The second-order valence-electron chi connectivity index (χ2n) is 7.99. The van der Waals surface area contributed by atoms with Crippen molar-refractivity contribution in [3.63, 3.8) is 0 Å². The number of hydrogen-bond acceptors (Lipinski definition) is 4. The Morgan fingerprint density at radius 3 is 2.60 bits per heavy atom. The summed E-state index contributed by atoms with van der Waals surface area (Å²) in [6, 6.07) is 13.2. The number of hydrogen-bond donors (Lipinski definition) is 1. The average Bonchev–Trinajstić information content (AvgIpc) is 3.26. The number of thioether (sulfide) groups is 1. The van der Waals surface area contributed by atoms with Gasteiger partial charge in [-0.05, 0) is 63.6 Å². The number of carbonyl (C=O) groups is 1. The van der Waals surface area contributed by atoms with E-state index < -0.39 is 5.60 Å². The number of nitrogens with one attached hydrogen (secondary N) is 1. The van der Waals surface area contributed by atoms with E-state index in [1.807, 2.05) is 10.7 Å². The highest BCUT2D eigenvalue weighted by Crippen LogP contribution is 2.37. The van der Waals surface area contributed by atoms with Crippen LogP contribution in [0.2, 0.25) is 5.02 Å². The van der Waals surface area contributed by atoms with E-state index >= 15 is 0 Å². The third-order valence-corrected chi connectivity index (χ3v) is 6.32. The molecule has 2 heterocycles. The van der Waals surface area contributed by atoms with Gasteiger partial charge in [0.05, 0.1) is 11.4 Å². The van der Waals surface area contributed by atoms with E-state index in [9.17, 15) is 4.79 Å². The van der Waals surface area contributed by atoms with Crippen molar-refractivity contribution in [3.05, 3.63) is 69.9 Å². The molecule has 1 N–H and O–H groups in total. The highest BCUT2D eigenvalue weighted by Gasteiger charge is 2.33. The van der Waals surface area contributed by atoms with Crippen LogP contribution in [0, 0.1) is 13.8 Å². The summed E-state index contributed by atoms with van der Waals surface area (Å²) in [7, 11) is 0. The van der Waals surface area contributed by atoms with E-state index in [0.29, 0.717) is 10.8 Å². The first-order valence-corrected chi connectivity index (χ1v) is 11.3. The standard InChI is InChI=1S/C23H24ClN3O2S/c1-14-5-10-20(15(2)11-14)27-21(18-12-30-13-19(18)26-27)25-22(28)23(3,4)29-17-8-6-16(24)7-9-17/h5-11H,12-13H2,1-4H3,(H,25,28). The van der Waals surface area contributed by atoms with Crippen molar-refractivity contribution in [2.45, 2.75) is 44.8 Å². The Bertz CT molecular complexity index is 1110. The fourth-order valence-electron chi connectivity index (χ4n) is 3.46. The van der Waals surface area contributed by atoms with Crippen LogP contribution in [-0.4, -0.2) is 21.3 Å². The van der Waals surface area contributed by atoms with Crippen LogP contribution >= 0.6 is 23.4 Å². The molecule has 4 rings (SSSR count). The minimum absolute atomic E-state index is 0.233. The average molecular weight is 442 g/mol. The summed E-state index contributed by atoms with van der Waals surface area (Å²) in [4.78, 5) is 13.2. The van der Waals surface area contributed by atoms with E-state index in [1.54, 1.807) is 49.9 Å². The van der Waals surface area contributed by atoms with Gasteiger partial charge in [-0.25, -0.2) is 4.68 Å². The molecule has 0 saturated heterocycles. The van der Waals surface area contributed by atoms with Crippen molar-refractivity contribution >= 4 is 35.1 Å². The molecule has 1 aliphatic rings. The van der Waals surface area contributed by atoms with Crippen LogP contribution in [0.15, 0.2) is 42.5 Å². The zero-order chi connectivity index (χ0) is 21.5. The maximum absolute atomic E-state index is 13.2. The first kappa shape index (κ1) is 20.8. The van der Waals surface area contributed by atoms with Gasteiger partial charge in [0, 0.05) is 22.1 Å². The van der Waals surface area contributed by atoms with Gasteiger partial charge in [0.25, 0.3) is 5.91 Å². The Balaban J connectivity index is 1.65. The number of aryl methyl sites for hydroxylation is 2. The minimum atomic E-state index is -1.08. The molecule has 0 fully saturated rings. The number of aromatic nitrogens is 2. The van der Waals surface area contributed by atoms with Gasteiger partial charge >= 0.3 is 0 Å². The molecule has 0 bridgehead atoms. The normalized spacial score (nSPS) is 13.2. The first-order chi connectivity index (χ1) is 14.2. The van der Waals surface area contributed by atoms with Crippen molar-refractivity contribution in [1.29, 1.82) is 0 Å². The quantitative estimate of drug-likeness (QED) is 0.553. The van der Waals surface area contributed by atoms with Crippen molar-refractivity contribution in [1.82, 2.24) is 9.78 Å². The summed E-state index contributed by atoms with van der Waals surface area (Å²) in [6.45, 7) is 7.63. The molecule has 2 aromatic carbocycles. The summed E-state index contributed by atoms with van der Waals surface area (Å²) in [5.74, 6) is 2.75. The van der Waals surface area contributed by atoms with Crippen LogP contribution in [0.3, 0.4) is 0 Å². The van der Waals surface area contributed by atoms with Gasteiger partial charge < -0.3 is 10.1 Å². The van der Waals surface area contributed by atoms with E-state index in [4.69, 9.17) is 21.4 Å². The Morgan fingerprint density at radius 1 is 1.17 bits per heavy atom. The van der Waals surface area contributed by atoms with Crippen LogP contribution in [0.4, 0.5) is 5.82 Å². The lowest BCUT2D eigenvalue weighted by Gasteiger charge is -2.26. The molecule has 5 nitrogen and oxygen atoms in total. The molecule has 1 aromatic heterocycles. The van der Waals surface area contributed by atoms with Gasteiger partial charge in [-0.2, -0.15) is 16.9 Å². The van der Waals surface area contributed by atoms with E-state index in [0.717, 1.165) is 39.8 Å². The summed E-state index contributed by atoms with van der Waals surface area (Å²) in [5, 5.41) is 8.53. The minimum Gasteiger partial charge on any atom is -0.478 e. The van der Waals surface area contributed by atoms with Gasteiger partial charge in [-0.3, -0.25) is 4.79 Å². The number of amides is 1. The number of nitrogens with zero attached hydrogens (tertiary/aromatic N) is 2. The molecule has 0 saturated carbocycles. The van der Waals surface area contributed by atoms with Crippen molar-refractivity contribution < 1.29 is 9.53 Å². The van der Waals surface area contributed by atoms with Crippen LogP contribution < -0.4 is 10.1 Å². The molecule has 0 radical (unpaired) electrons. The lowest BCUT2D eigenvalue weighted by Crippen LogP contribution is -2.43. The van der Waals surface area contributed by atoms with Gasteiger partial charge in [-0.15, -0.1) is 0 Å². The van der Waals surface area contributed by atoms with Crippen LogP contribution in [0.25, 0.3) is 5.69 Å². The molecule has 156 valence electrons. The molecule has 0 spiro atoms. The molecule has 0 atom stereocenters. The monoisotopic (exact) mass is 441 g/mol. The molecule has 0 unspecified atom stereocenters. The largest absolute Gasteiger partial charge is 0.478 e. The number of carbonyl (C=O) groups excluding carboxylic acids is 1. The molecule has 1 amide bonds. The van der Waals surface area contributed by atoms with Crippen molar-refractivity contribution in [2.24, 2.45) is 0 Å². The lowest BCUT2D eigenvalue weighted by atomic mass is 10.1. The van der Waals surface area contributed by atoms with E-state index in [-0.39, 0.29) is 5.91 Å². The summed E-state index contributed by atoms with van der Waals surface area (Å²) >= 11 is 7.75. The zero-order valence-corrected chi connectivity index (χ0v) is 19.0. The predicted octanol–water partition coefficient (Wildman–Crippen LogP) is 5.69. The second-order valence-corrected chi connectivity index (χ2v) is 9.41. The first-order valence-electron chi connectivity index (χ1n) is 9.77. The zero-order valence-electron chi connectivity index (χ0n) is 17.5. The third kappa shape index (κ3) is 4.07.